The lowest BCUT2D eigenvalue weighted by Gasteiger charge is -2.11. The van der Waals surface area contributed by atoms with Crippen molar-refractivity contribution in [3.63, 3.8) is 0 Å². The first-order chi connectivity index (χ1) is 15.2. The van der Waals surface area contributed by atoms with Crippen LogP contribution < -0.4 is 21.2 Å². The fraction of sp³-hybridized carbons (Fsp3) is 0.211. The minimum atomic E-state index is -4.63. The van der Waals surface area contributed by atoms with Gasteiger partial charge in [0.1, 0.15) is 5.75 Å². The van der Waals surface area contributed by atoms with Crippen molar-refractivity contribution in [1.29, 1.82) is 0 Å². The Hall–Kier alpha value is -3.12. The van der Waals surface area contributed by atoms with E-state index < -0.39 is 22.7 Å². The number of amides is 1. The van der Waals surface area contributed by atoms with Crippen LogP contribution in [0.1, 0.15) is 11.4 Å². The molecule has 0 aliphatic heterocycles. The van der Waals surface area contributed by atoms with Crippen LogP contribution in [-0.2, 0) is 17.5 Å². The highest BCUT2D eigenvalue weighted by atomic mass is 35.5. The lowest BCUT2D eigenvalue weighted by atomic mass is 10.2. The molecule has 1 aromatic heterocycles. The van der Waals surface area contributed by atoms with Crippen LogP contribution in [0.5, 0.6) is 5.75 Å². The van der Waals surface area contributed by atoms with Crippen LogP contribution in [0.15, 0.2) is 47.6 Å². The van der Waals surface area contributed by atoms with E-state index in [1.165, 1.54) is 10.7 Å². The average Bonchev–Trinajstić information content (AvgIpc) is 3.11. The third-order valence-electron chi connectivity index (χ3n) is 4.16. The number of hydrogen-bond acceptors (Lipinski definition) is 7. The maximum atomic E-state index is 12.9. The molecule has 1 amide bonds. The number of nitrogens with one attached hydrogen (secondary N) is 2. The number of halogens is 4. The van der Waals surface area contributed by atoms with E-state index >= 15 is 0 Å². The van der Waals surface area contributed by atoms with Crippen molar-refractivity contribution in [3.05, 3.63) is 58.9 Å². The lowest BCUT2D eigenvalue weighted by Crippen LogP contribution is -2.18. The number of methoxy groups -OCH3 is 1. The molecule has 13 heteroatoms. The summed E-state index contributed by atoms with van der Waals surface area (Å²) in [6, 6.07) is 10.4. The zero-order valence-corrected chi connectivity index (χ0v) is 18.2. The van der Waals surface area contributed by atoms with Gasteiger partial charge in [-0.05, 0) is 42.5 Å². The highest BCUT2D eigenvalue weighted by Gasteiger charge is 2.33. The number of carbonyl (C=O) groups excluding carboxylic acids is 1. The molecule has 170 valence electrons. The summed E-state index contributed by atoms with van der Waals surface area (Å²) in [5.41, 5.74) is -0.227. The molecule has 1 heterocycles. The zero-order chi connectivity index (χ0) is 23.3. The fourth-order valence-corrected chi connectivity index (χ4v) is 3.46. The van der Waals surface area contributed by atoms with E-state index in [9.17, 15) is 18.0 Å². The van der Waals surface area contributed by atoms with Crippen LogP contribution in [0, 0.1) is 0 Å². The second-order valence-corrected chi connectivity index (χ2v) is 7.73. The number of anilines is 2. The van der Waals surface area contributed by atoms with Crippen LogP contribution in [-0.4, -0.2) is 33.6 Å². The van der Waals surface area contributed by atoms with Crippen molar-refractivity contribution in [1.82, 2.24) is 14.9 Å². The summed E-state index contributed by atoms with van der Waals surface area (Å²) in [6.45, 7) is 0.285. The van der Waals surface area contributed by atoms with Gasteiger partial charge in [0.25, 0.3) is 0 Å². The van der Waals surface area contributed by atoms with Crippen molar-refractivity contribution in [2.24, 2.45) is 0 Å². The Kier molecular flexibility index (Phi) is 7.36. The van der Waals surface area contributed by atoms with Crippen molar-refractivity contribution in [2.75, 3.05) is 29.3 Å². The molecule has 32 heavy (non-hydrogen) atoms. The van der Waals surface area contributed by atoms with Crippen molar-refractivity contribution in [2.45, 2.75) is 17.9 Å². The van der Waals surface area contributed by atoms with Crippen molar-refractivity contribution >= 4 is 40.6 Å². The number of nitrogen functional groups attached to an aromatic ring is 1. The van der Waals surface area contributed by atoms with Gasteiger partial charge >= 0.3 is 6.18 Å². The van der Waals surface area contributed by atoms with Crippen molar-refractivity contribution < 1.29 is 22.7 Å². The van der Waals surface area contributed by atoms with Gasteiger partial charge in [-0.15, -0.1) is 10.2 Å². The van der Waals surface area contributed by atoms with E-state index in [2.05, 4.69) is 20.8 Å². The van der Waals surface area contributed by atoms with Gasteiger partial charge in [-0.3, -0.25) is 4.79 Å². The van der Waals surface area contributed by atoms with Crippen LogP contribution in [0.4, 0.5) is 24.5 Å². The molecule has 0 bridgehead atoms. The number of rotatable bonds is 8. The molecular formula is C19H18ClF3N6O2S. The van der Waals surface area contributed by atoms with Gasteiger partial charge in [0.15, 0.2) is 5.82 Å². The quantitative estimate of drug-likeness (QED) is 0.326. The number of carbonyl (C=O) groups is 1. The summed E-state index contributed by atoms with van der Waals surface area (Å²) >= 11 is 6.57. The number of nitrogens with two attached hydrogens (primary N) is 1. The average molecular weight is 487 g/mol. The Morgan fingerprint density at radius 3 is 2.53 bits per heavy atom. The Morgan fingerprint density at radius 2 is 1.88 bits per heavy atom. The minimum Gasteiger partial charge on any atom is -0.497 e. The Morgan fingerprint density at radius 1 is 1.19 bits per heavy atom. The molecule has 0 fully saturated rings. The summed E-state index contributed by atoms with van der Waals surface area (Å²) in [5, 5.41) is 13.3. The van der Waals surface area contributed by atoms with Gasteiger partial charge in [-0.1, -0.05) is 23.4 Å². The lowest BCUT2D eigenvalue weighted by molar-refractivity contribution is -0.137. The molecule has 3 aromatic rings. The predicted octanol–water partition coefficient (Wildman–Crippen LogP) is 4.02. The number of thioether (sulfide) groups is 1. The largest absolute Gasteiger partial charge is 0.497 e. The van der Waals surface area contributed by atoms with E-state index in [4.69, 9.17) is 22.2 Å². The third-order valence-corrected chi connectivity index (χ3v) is 5.44. The molecule has 4 N–H and O–H groups in total. The first-order valence-electron chi connectivity index (χ1n) is 9.04. The molecule has 0 radical (unpaired) electrons. The molecule has 0 atom stereocenters. The van der Waals surface area contributed by atoms with Gasteiger partial charge in [0.05, 0.1) is 30.0 Å². The molecule has 2 aromatic carbocycles. The number of hydrogen-bond donors (Lipinski definition) is 3. The summed E-state index contributed by atoms with van der Waals surface area (Å²) in [7, 11) is 1.58. The van der Waals surface area contributed by atoms with Gasteiger partial charge in [-0.2, -0.15) is 13.2 Å². The van der Waals surface area contributed by atoms with E-state index in [-0.39, 0.29) is 23.1 Å². The predicted molar refractivity (Wildman–Crippen MR) is 116 cm³/mol. The minimum absolute atomic E-state index is 0.0223. The summed E-state index contributed by atoms with van der Waals surface area (Å²) in [4.78, 5) is 12.1. The number of benzene rings is 2. The first-order valence-corrected chi connectivity index (χ1v) is 10.4. The zero-order valence-electron chi connectivity index (χ0n) is 16.6. The Bertz CT molecular complexity index is 1090. The number of ether oxygens (including phenoxy) is 1. The second kappa shape index (κ2) is 10.0. The first kappa shape index (κ1) is 23.5. The van der Waals surface area contributed by atoms with E-state index in [0.717, 1.165) is 35.3 Å². The molecule has 3 rings (SSSR count). The molecular weight excluding hydrogens is 469 g/mol. The van der Waals surface area contributed by atoms with Gasteiger partial charge < -0.3 is 21.2 Å². The van der Waals surface area contributed by atoms with Gasteiger partial charge in [-0.25, -0.2) is 4.68 Å². The standard InChI is InChI=1S/C19H18ClF3N6O2S/c1-31-13-5-2-11(3-6-13)25-9-16-27-28-18(29(16)24)32-10-17(30)26-12-4-7-15(20)14(8-12)19(21,22)23/h2-8,25H,9-10,24H2,1H3,(H,26,30). The highest BCUT2D eigenvalue weighted by Crippen LogP contribution is 2.36. The summed E-state index contributed by atoms with van der Waals surface area (Å²) in [5.74, 6) is 6.46. The molecule has 0 aliphatic carbocycles. The highest BCUT2D eigenvalue weighted by molar-refractivity contribution is 7.99. The smallest absolute Gasteiger partial charge is 0.417 e. The van der Waals surface area contributed by atoms with Gasteiger partial charge in [0, 0.05) is 11.4 Å². The number of nitrogens with zero attached hydrogens (tertiary/aromatic N) is 3. The number of aromatic nitrogens is 3. The van der Waals surface area contributed by atoms with Crippen LogP contribution >= 0.6 is 23.4 Å². The molecule has 0 spiro atoms. The van der Waals surface area contributed by atoms with Crippen LogP contribution in [0.3, 0.4) is 0 Å². The Labute approximate surface area is 190 Å². The third kappa shape index (κ3) is 5.98. The summed E-state index contributed by atoms with van der Waals surface area (Å²) < 4.78 is 45.2. The van der Waals surface area contributed by atoms with E-state index in [1.807, 2.05) is 12.1 Å². The molecule has 0 aliphatic rings. The fourth-order valence-electron chi connectivity index (χ4n) is 2.56. The van der Waals surface area contributed by atoms with E-state index in [0.29, 0.717) is 5.82 Å². The maximum absolute atomic E-state index is 12.9. The topological polar surface area (TPSA) is 107 Å². The number of alkyl halides is 3. The Balaban J connectivity index is 1.54. The normalized spacial score (nSPS) is 11.3. The van der Waals surface area contributed by atoms with Crippen molar-refractivity contribution in [3.8, 4) is 5.75 Å². The van der Waals surface area contributed by atoms with E-state index in [1.54, 1.807) is 19.2 Å². The SMILES string of the molecule is COc1ccc(NCc2nnc(SCC(=O)Nc3ccc(Cl)c(C(F)(F)F)c3)n2N)cc1. The monoisotopic (exact) mass is 486 g/mol. The molecule has 0 saturated heterocycles. The van der Waals surface area contributed by atoms with Crippen LogP contribution in [0.2, 0.25) is 5.02 Å². The molecule has 0 saturated carbocycles. The molecule has 8 nitrogen and oxygen atoms in total. The maximum Gasteiger partial charge on any atom is 0.417 e. The van der Waals surface area contributed by atoms with Crippen LogP contribution in [0.25, 0.3) is 0 Å². The summed E-state index contributed by atoms with van der Waals surface area (Å²) in [6.07, 6.45) is -4.63. The molecule has 0 unspecified atom stereocenters. The second-order valence-electron chi connectivity index (χ2n) is 6.38. The van der Waals surface area contributed by atoms with Gasteiger partial charge in [0.2, 0.25) is 11.1 Å².